The standard InChI is InChI=1S/C19H16N4O4/c1-26-12-6-7-13-14(8-12)22-17-16(13)20-10-23(19(17)25)21-9-11-4-3-5-15(27-2)18(11)24/h3-10,22,24H,1-2H3/b21-9-. The summed E-state index contributed by atoms with van der Waals surface area (Å²) in [5, 5.41) is 15.1. The summed E-state index contributed by atoms with van der Waals surface area (Å²) in [6, 6.07) is 10.5. The Kier molecular flexibility index (Phi) is 4.00. The predicted octanol–water partition coefficient (Wildman–Crippen LogP) is 2.48. The molecule has 0 amide bonds. The average Bonchev–Trinajstić information content (AvgIpc) is 3.07. The van der Waals surface area contributed by atoms with Crippen molar-refractivity contribution in [3.05, 3.63) is 58.6 Å². The van der Waals surface area contributed by atoms with E-state index >= 15 is 0 Å². The van der Waals surface area contributed by atoms with Crippen molar-refractivity contribution in [1.29, 1.82) is 0 Å². The molecule has 2 N–H and O–H groups in total. The fourth-order valence-electron chi connectivity index (χ4n) is 2.87. The van der Waals surface area contributed by atoms with E-state index in [1.807, 2.05) is 12.1 Å². The number of aromatic amines is 1. The van der Waals surface area contributed by atoms with E-state index in [-0.39, 0.29) is 11.3 Å². The first-order chi connectivity index (χ1) is 13.1. The van der Waals surface area contributed by atoms with Crippen molar-refractivity contribution < 1.29 is 14.6 Å². The molecule has 0 saturated heterocycles. The Morgan fingerprint density at radius 2 is 2.07 bits per heavy atom. The summed E-state index contributed by atoms with van der Waals surface area (Å²) in [6.45, 7) is 0. The number of phenolic OH excluding ortho intramolecular Hbond substituents is 1. The fraction of sp³-hybridized carbons (Fsp3) is 0.105. The van der Waals surface area contributed by atoms with Crippen LogP contribution in [0.1, 0.15) is 5.56 Å². The number of H-pyrrole nitrogens is 1. The zero-order chi connectivity index (χ0) is 19.0. The molecule has 8 heteroatoms. The molecule has 0 saturated carbocycles. The third kappa shape index (κ3) is 2.77. The van der Waals surface area contributed by atoms with Crippen LogP contribution in [0, 0.1) is 0 Å². The number of fused-ring (bicyclic) bond motifs is 3. The first kappa shape index (κ1) is 16.6. The van der Waals surface area contributed by atoms with E-state index in [9.17, 15) is 9.90 Å². The Balaban J connectivity index is 1.80. The highest BCUT2D eigenvalue weighted by Crippen LogP contribution is 2.28. The lowest BCUT2D eigenvalue weighted by molar-refractivity contribution is 0.373. The van der Waals surface area contributed by atoms with Gasteiger partial charge in [-0.05, 0) is 24.3 Å². The summed E-state index contributed by atoms with van der Waals surface area (Å²) in [4.78, 5) is 20.2. The molecule has 2 aromatic carbocycles. The van der Waals surface area contributed by atoms with Gasteiger partial charge in [0.2, 0.25) is 0 Å². The molecule has 4 rings (SSSR count). The van der Waals surface area contributed by atoms with Crippen molar-refractivity contribution in [2.24, 2.45) is 5.10 Å². The summed E-state index contributed by atoms with van der Waals surface area (Å²) in [5.74, 6) is 0.953. The maximum atomic E-state index is 12.7. The SMILES string of the molecule is COc1ccc2c(c1)[nH]c1c(=O)n(/N=C\c3cccc(OC)c3O)cnc12. The van der Waals surface area contributed by atoms with Gasteiger partial charge in [-0.2, -0.15) is 9.78 Å². The molecule has 136 valence electrons. The molecule has 0 aliphatic heterocycles. The van der Waals surface area contributed by atoms with Crippen molar-refractivity contribution in [3.63, 3.8) is 0 Å². The fourth-order valence-corrected chi connectivity index (χ4v) is 2.87. The third-order valence-corrected chi connectivity index (χ3v) is 4.27. The second-order valence-electron chi connectivity index (χ2n) is 5.80. The summed E-state index contributed by atoms with van der Waals surface area (Å²) < 4.78 is 11.4. The molecule has 27 heavy (non-hydrogen) atoms. The number of rotatable bonds is 4. The van der Waals surface area contributed by atoms with Crippen LogP contribution in [-0.4, -0.2) is 40.2 Å². The molecule has 0 spiro atoms. The van der Waals surface area contributed by atoms with Crippen molar-refractivity contribution >= 4 is 28.2 Å². The largest absolute Gasteiger partial charge is 0.504 e. The predicted molar refractivity (Wildman–Crippen MR) is 102 cm³/mol. The van der Waals surface area contributed by atoms with Crippen molar-refractivity contribution in [3.8, 4) is 17.2 Å². The number of phenols is 1. The van der Waals surface area contributed by atoms with Crippen LogP contribution in [0.4, 0.5) is 0 Å². The molecule has 0 radical (unpaired) electrons. The van der Waals surface area contributed by atoms with Gasteiger partial charge in [0.15, 0.2) is 11.5 Å². The van der Waals surface area contributed by atoms with E-state index in [2.05, 4.69) is 15.1 Å². The molecule has 0 bridgehead atoms. The summed E-state index contributed by atoms with van der Waals surface area (Å²) in [7, 11) is 3.04. The third-order valence-electron chi connectivity index (χ3n) is 4.27. The second-order valence-corrected chi connectivity index (χ2v) is 5.80. The van der Waals surface area contributed by atoms with Gasteiger partial charge in [-0.1, -0.05) is 6.07 Å². The molecule has 0 atom stereocenters. The quantitative estimate of drug-likeness (QED) is 0.542. The molecule has 4 aromatic rings. The Hall–Kier alpha value is -3.81. The van der Waals surface area contributed by atoms with Gasteiger partial charge in [-0.3, -0.25) is 4.79 Å². The zero-order valence-corrected chi connectivity index (χ0v) is 14.6. The highest BCUT2D eigenvalue weighted by atomic mass is 16.5. The van der Waals surface area contributed by atoms with Crippen LogP contribution in [-0.2, 0) is 0 Å². The number of methoxy groups -OCH3 is 2. The van der Waals surface area contributed by atoms with Gasteiger partial charge >= 0.3 is 0 Å². The number of nitrogens with zero attached hydrogens (tertiary/aromatic N) is 3. The minimum absolute atomic E-state index is 0.0523. The van der Waals surface area contributed by atoms with Gasteiger partial charge in [0.25, 0.3) is 5.56 Å². The van der Waals surface area contributed by atoms with Gasteiger partial charge in [-0.25, -0.2) is 4.98 Å². The van der Waals surface area contributed by atoms with Gasteiger partial charge in [-0.15, -0.1) is 0 Å². The Morgan fingerprint density at radius 3 is 2.85 bits per heavy atom. The number of hydrogen-bond acceptors (Lipinski definition) is 6. The average molecular weight is 364 g/mol. The van der Waals surface area contributed by atoms with E-state index in [1.54, 1.807) is 31.4 Å². The van der Waals surface area contributed by atoms with Gasteiger partial charge in [0.05, 0.1) is 26.0 Å². The maximum absolute atomic E-state index is 12.7. The molecule has 2 aromatic heterocycles. The Bertz CT molecular complexity index is 1240. The van der Waals surface area contributed by atoms with E-state index in [1.165, 1.54) is 19.7 Å². The highest BCUT2D eigenvalue weighted by molar-refractivity contribution is 6.04. The van der Waals surface area contributed by atoms with Crippen LogP contribution < -0.4 is 15.0 Å². The summed E-state index contributed by atoms with van der Waals surface area (Å²) >= 11 is 0. The lowest BCUT2D eigenvalue weighted by atomic mass is 10.2. The smallest absolute Gasteiger partial charge is 0.298 e. The topological polar surface area (TPSA) is 102 Å². The van der Waals surface area contributed by atoms with E-state index < -0.39 is 0 Å². The normalized spacial score (nSPS) is 11.5. The molecule has 2 heterocycles. The highest BCUT2D eigenvalue weighted by Gasteiger charge is 2.11. The first-order valence-electron chi connectivity index (χ1n) is 8.10. The molecule has 0 aliphatic carbocycles. The second kappa shape index (κ2) is 6.49. The number of aromatic nitrogens is 3. The lowest BCUT2D eigenvalue weighted by Crippen LogP contribution is -2.17. The van der Waals surface area contributed by atoms with E-state index in [0.717, 1.165) is 15.6 Å². The maximum Gasteiger partial charge on any atom is 0.298 e. The van der Waals surface area contributed by atoms with Crippen molar-refractivity contribution in [2.45, 2.75) is 0 Å². The van der Waals surface area contributed by atoms with Crippen LogP contribution in [0.3, 0.4) is 0 Å². The Labute approximate surface area is 153 Å². The molecule has 0 unspecified atom stereocenters. The number of ether oxygens (including phenoxy) is 2. The number of nitrogens with one attached hydrogen (secondary N) is 1. The number of hydrogen-bond donors (Lipinski definition) is 2. The number of aromatic hydroxyl groups is 1. The van der Waals surface area contributed by atoms with Crippen LogP contribution >= 0.6 is 0 Å². The van der Waals surface area contributed by atoms with E-state index in [0.29, 0.717) is 28.1 Å². The van der Waals surface area contributed by atoms with Gasteiger partial charge in [0.1, 0.15) is 23.1 Å². The molecular weight excluding hydrogens is 348 g/mol. The van der Waals surface area contributed by atoms with E-state index in [4.69, 9.17) is 9.47 Å². The lowest BCUT2D eigenvalue weighted by Gasteiger charge is -2.05. The Morgan fingerprint density at radius 1 is 1.22 bits per heavy atom. The van der Waals surface area contributed by atoms with Gasteiger partial charge < -0.3 is 19.6 Å². The van der Waals surface area contributed by atoms with Crippen LogP contribution in [0.5, 0.6) is 17.2 Å². The molecule has 0 fully saturated rings. The summed E-state index contributed by atoms with van der Waals surface area (Å²) in [5.41, 5.74) is 1.72. The minimum atomic E-state index is -0.353. The zero-order valence-electron chi connectivity index (χ0n) is 14.6. The molecular formula is C19H16N4O4. The van der Waals surface area contributed by atoms with Gasteiger partial charge in [0, 0.05) is 17.0 Å². The van der Waals surface area contributed by atoms with Crippen LogP contribution in [0.15, 0.2) is 52.6 Å². The molecule has 0 aliphatic rings. The van der Waals surface area contributed by atoms with Crippen LogP contribution in [0.2, 0.25) is 0 Å². The van der Waals surface area contributed by atoms with Crippen LogP contribution in [0.25, 0.3) is 21.9 Å². The monoisotopic (exact) mass is 364 g/mol. The number of benzene rings is 2. The summed E-state index contributed by atoms with van der Waals surface area (Å²) in [6.07, 6.45) is 2.72. The minimum Gasteiger partial charge on any atom is -0.504 e. The molecule has 8 nitrogen and oxygen atoms in total. The number of para-hydroxylation sites is 1. The first-order valence-corrected chi connectivity index (χ1v) is 8.10. The van der Waals surface area contributed by atoms with Crippen molar-refractivity contribution in [2.75, 3.05) is 14.2 Å². The van der Waals surface area contributed by atoms with Crippen molar-refractivity contribution in [1.82, 2.24) is 14.6 Å².